The van der Waals surface area contributed by atoms with Crippen molar-refractivity contribution >= 4 is 16.9 Å². The predicted molar refractivity (Wildman–Crippen MR) is 119 cm³/mol. The number of carbonyl (C=O) groups excluding carboxylic acids is 1. The van der Waals surface area contributed by atoms with E-state index in [-0.39, 0.29) is 11.9 Å². The third-order valence-electron chi connectivity index (χ3n) is 6.62. The highest BCUT2D eigenvalue weighted by molar-refractivity contribution is 5.95. The van der Waals surface area contributed by atoms with Crippen molar-refractivity contribution in [3.63, 3.8) is 0 Å². The van der Waals surface area contributed by atoms with Crippen molar-refractivity contribution in [2.24, 2.45) is 0 Å². The maximum Gasteiger partial charge on any atom is 0.275 e. The van der Waals surface area contributed by atoms with Gasteiger partial charge in [-0.25, -0.2) is 9.67 Å². The Morgan fingerprint density at radius 3 is 2.84 bits per heavy atom. The minimum atomic E-state index is -0.0286. The van der Waals surface area contributed by atoms with Gasteiger partial charge in [0.1, 0.15) is 5.82 Å². The molecule has 2 aliphatic rings. The molecule has 6 heteroatoms. The second-order valence-corrected chi connectivity index (χ2v) is 8.67. The van der Waals surface area contributed by atoms with Gasteiger partial charge in [0.2, 0.25) is 0 Å². The lowest BCUT2D eigenvalue weighted by Crippen LogP contribution is -2.32. The second kappa shape index (κ2) is 7.08. The Labute approximate surface area is 180 Å². The van der Waals surface area contributed by atoms with Gasteiger partial charge in [0, 0.05) is 17.8 Å². The Morgan fingerprint density at radius 1 is 1.10 bits per heavy atom. The lowest BCUT2D eigenvalue weighted by atomic mass is 10.1. The number of H-pyrrole nitrogens is 1. The average molecular weight is 412 g/mol. The first-order chi connectivity index (χ1) is 15.2. The van der Waals surface area contributed by atoms with Gasteiger partial charge in [-0.3, -0.25) is 4.79 Å². The maximum atomic E-state index is 13.7. The molecule has 1 atom stereocenters. The van der Waals surface area contributed by atoms with Gasteiger partial charge in [0.15, 0.2) is 5.69 Å². The number of nitrogens with zero attached hydrogens (tertiary/aromatic N) is 4. The minimum absolute atomic E-state index is 0.0286. The number of para-hydroxylation sites is 1. The first kappa shape index (κ1) is 18.4. The first-order valence-electron chi connectivity index (χ1n) is 11.1. The smallest absolute Gasteiger partial charge is 0.275 e. The fourth-order valence-electron chi connectivity index (χ4n) is 5.12. The quantitative estimate of drug-likeness (QED) is 0.539. The Kier molecular flexibility index (Phi) is 4.19. The van der Waals surface area contributed by atoms with Crippen LogP contribution in [0.15, 0.2) is 48.5 Å². The highest BCUT2D eigenvalue weighted by Gasteiger charge is 2.36. The van der Waals surface area contributed by atoms with E-state index in [4.69, 9.17) is 10.1 Å². The van der Waals surface area contributed by atoms with Crippen LogP contribution in [0.3, 0.4) is 0 Å². The third kappa shape index (κ3) is 2.97. The summed E-state index contributed by atoms with van der Waals surface area (Å²) >= 11 is 0. The van der Waals surface area contributed by atoms with Crippen molar-refractivity contribution < 1.29 is 4.79 Å². The van der Waals surface area contributed by atoms with Crippen LogP contribution in [0.4, 0.5) is 0 Å². The fourth-order valence-corrected chi connectivity index (χ4v) is 5.12. The SMILES string of the molecule is Cc1ccc2nc([C@@H]3CCCN3C(=O)c3nn(-c4ccccc4)c4c3CCC4)[nH]c2c1. The van der Waals surface area contributed by atoms with E-state index in [2.05, 4.69) is 36.2 Å². The zero-order valence-electron chi connectivity index (χ0n) is 17.6. The molecule has 1 aliphatic heterocycles. The van der Waals surface area contributed by atoms with Gasteiger partial charge < -0.3 is 9.88 Å². The van der Waals surface area contributed by atoms with Crippen molar-refractivity contribution in [2.75, 3.05) is 6.54 Å². The van der Waals surface area contributed by atoms with E-state index in [1.165, 1.54) is 11.3 Å². The number of hydrogen-bond acceptors (Lipinski definition) is 3. The molecule has 1 amide bonds. The zero-order chi connectivity index (χ0) is 20.9. The Hall–Kier alpha value is -3.41. The number of aromatic nitrogens is 4. The zero-order valence-corrected chi connectivity index (χ0v) is 17.6. The van der Waals surface area contributed by atoms with Crippen molar-refractivity contribution in [3.05, 3.63) is 76.9 Å². The van der Waals surface area contributed by atoms with E-state index in [0.717, 1.165) is 66.8 Å². The van der Waals surface area contributed by atoms with Gasteiger partial charge in [-0.2, -0.15) is 5.10 Å². The van der Waals surface area contributed by atoms with E-state index in [0.29, 0.717) is 5.69 Å². The van der Waals surface area contributed by atoms with Gasteiger partial charge >= 0.3 is 0 Å². The topological polar surface area (TPSA) is 66.8 Å². The summed E-state index contributed by atoms with van der Waals surface area (Å²) in [5, 5.41) is 4.82. The molecular weight excluding hydrogens is 386 g/mol. The number of benzene rings is 2. The average Bonchev–Trinajstić information content (AvgIpc) is 3.56. The molecule has 1 N–H and O–H groups in total. The van der Waals surface area contributed by atoms with Crippen molar-refractivity contribution in [2.45, 2.75) is 45.1 Å². The summed E-state index contributed by atoms with van der Waals surface area (Å²) < 4.78 is 1.98. The first-order valence-corrected chi connectivity index (χ1v) is 11.1. The van der Waals surface area contributed by atoms with Crippen LogP contribution in [0.1, 0.15) is 58.4 Å². The fraction of sp³-hybridized carbons (Fsp3) is 0.320. The van der Waals surface area contributed by atoms with Crippen LogP contribution in [0.5, 0.6) is 0 Å². The molecule has 6 rings (SSSR count). The maximum absolute atomic E-state index is 13.7. The number of imidazole rings is 1. The molecule has 156 valence electrons. The molecule has 6 nitrogen and oxygen atoms in total. The summed E-state index contributed by atoms with van der Waals surface area (Å²) in [5.74, 6) is 0.914. The summed E-state index contributed by atoms with van der Waals surface area (Å²) in [7, 11) is 0. The van der Waals surface area contributed by atoms with E-state index in [1.54, 1.807) is 0 Å². The second-order valence-electron chi connectivity index (χ2n) is 8.67. The molecule has 1 aliphatic carbocycles. The normalized spacial score (nSPS) is 18.1. The molecule has 0 saturated carbocycles. The monoisotopic (exact) mass is 411 g/mol. The molecular formula is C25H25N5O. The standard InChI is InChI=1S/C25H25N5O/c1-16-12-13-19-20(15-16)27-24(26-19)22-11-6-14-29(22)25(31)23-18-9-5-10-21(18)30(28-23)17-7-3-2-4-8-17/h2-4,7-8,12-13,15,22H,5-6,9-11,14H2,1H3,(H,26,27)/t22-/m0/s1. The lowest BCUT2D eigenvalue weighted by molar-refractivity contribution is 0.0723. The summed E-state index contributed by atoms with van der Waals surface area (Å²) in [6.45, 7) is 2.82. The number of likely N-dealkylation sites (tertiary alicyclic amines) is 1. The molecule has 0 spiro atoms. The summed E-state index contributed by atoms with van der Waals surface area (Å²) in [6, 6.07) is 16.3. The molecule has 31 heavy (non-hydrogen) atoms. The van der Waals surface area contributed by atoms with Crippen LogP contribution in [-0.2, 0) is 12.8 Å². The van der Waals surface area contributed by atoms with E-state index >= 15 is 0 Å². The van der Waals surface area contributed by atoms with Crippen LogP contribution in [0.25, 0.3) is 16.7 Å². The molecule has 1 saturated heterocycles. The number of amides is 1. The molecule has 0 unspecified atom stereocenters. The third-order valence-corrected chi connectivity index (χ3v) is 6.62. The van der Waals surface area contributed by atoms with Crippen LogP contribution >= 0.6 is 0 Å². The number of hydrogen-bond donors (Lipinski definition) is 1. The summed E-state index contributed by atoms with van der Waals surface area (Å²) in [6.07, 6.45) is 4.87. The van der Waals surface area contributed by atoms with Crippen LogP contribution in [0, 0.1) is 6.92 Å². The van der Waals surface area contributed by atoms with Crippen LogP contribution in [-0.4, -0.2) is 37.1 Å². The number of aromatic amines is 1. The predicted octanol–water partition coefficient (Wildman–Crippen LogP) is 4.52. The molecule has 3 heterocycles. The largest absolute Gasteiger partial charge is 0.340 e. The highest BCUT2D eigenvalue weighted by atomic mass is 16.2. The number of aryl methyl sites for hydroxylation is 1. The van der Waals surface area contributed by atoms with E-state index < -0.39 is 0 Å². The van der Waals surface area contributed by atoms with Crippen LogP contribution < -0.4 is 0 Å². The van der Waals surface area contributed by atoms with Crippen molar-refractivity contribution in [3.8, 4) is 5.69 Å². The Bertz CT molecular complexity index is 1290. The van der Waals surface area contributed by atoms with Gasteiger partial charge in [-0.15, -0.1) is 0 Å². The van der Waals surface area contributed by atoms with Crippen molar-refractivity contribution in [1.82, 2.24) is 24.6 Å². The number of carbonyl (C=O) groups is 1. The van der Waals surface area contributed by atoms with Gasteiger partial charge in [0.05, 0.1) is 22.8 Å². The lowest BCUT2D eigenvalue weighted by Gasteiger charge is -2.22. The number of nitrogens with one attached hydrogen (secondary N) is 1. The Balaban J connectivity index is 1.37. The molecule has 2 aromatic carbocycles. The minimum Gasteiger partial charge on any atom is -0.340 e. The van der Waals surface area contributed by atoms with Crippen LogP contribution in [0.2, 0.25) is 0 Å². The highest BCUT2D eigenvalue weighted by Crippen LogP contribution is 2.35. The molecule has 0 bridgehead atoms. The molecule has 1 fully saturated rings. The Morgan fingerprint density at radius 2 is 1.97 bits per heavy atom. The number of fused-ring (bicyclic) bond motifs is 2. The van der Waals surface area contributed by atoms with E-state index in [9.17, 15) is 4.79 Å². The van der Waals surface area contributed by atoms with Gasteiger partial charge in [0.25, 0.3) is 5.91 Å². The molecule has 2 aromatic heterocycles. The van der Waals surface area contributed by atoms with Gasteiger partial charge in [-0.05, 0) is 68.9 Å². The van der Waals surface area contributed by atoms with Crippen molar-refractivity contribution in [1.29, 1.82) is 0 Å². The summed E-state index contributed by atoms with van der Waals surface area (Å²) in [5.41, 5.74) is 7.13. The molecule has 4 aromatic rings. The van der Waals surface area contributed by atoms with E-state index in [1.807, 2.05) is 33.8 Å². The molecule has 0 radical (unpaired) electrons. The summed E-state index contributed by atoms with van der Waals surface area (Å²) in [4.78, 5) is 24.0. The number of rotatable bonds is 3. The van der Waals surface area contributed by atoms with Gasteiger partial charge in [-0.1, -0.05) is 24.3 Å².